The zero-order chi connectivity index (χ0) is 17.1. The summed E-state index contributed by atoms with van der Waals surface area (Å²) in [5, 5.41) is 14.6. The van der Waals surface area contributed by atoms with E-state index >= 15 is 0 Å². The number of nitro groups is 1. The third-order valence-electron chi connectivity index (χ3n) is 3.53. The molecule has 0 radical (unpaired) electrons. The van der Waals surface area contributed by atoms with E-state index in [1.165, 1.54) is 6.07 Å². The summed E-state index contributed by atoms with van der Waals surface area (Å²) in [6.07, 6.45) is 0. The fourth-order valence-corrected chi connectivity index (χ4v) is 2.80. The van der Waals surface area contributed by atoms with Gasteiger partial charge in [0.2, 0.25) is 0 Å². The molecule has 0 bridgehead atoms. The highest BCUT2D eigenvalue weighted by Gasteiger charge is 2.16. The van der Waals surface area contributed by atoms with Crippen LogP contribution in [-0.2, 0) is 0 Å². The van der Waals surface area contributed by atoms with Crippen molar-refractivity contribution in [1.29, 1.82) is 0 Å². The van der Waals surface area contributed by atoms with Gasteiger partial charge in [-0.05, 0) is 48.0 Å². The Kier molecular flexibility index (Phi) is 4.48. The van der Waals surface area contributed by atoms with Crippen LogP contribution in [-0.4, -0.2) is 4.92 Å². The van der Waals surface area contributed by atoms with Crippen LogP contribution in [0.1, 0.15) is 0 Å². The lowest BCUT2D eigenvalue weighted by atomic mass is 10.0. The van der Waals surface area contributed by atoms with Gasteiger partial charge >= 0.3 is 0 Å². The normalized spacial score (nSPS) is 10.4. The Hall–Kier alpha value is -2.86. The number of halogens is 1. The summed E-state index contributed by atoms with van der Waals surface area (Å²) in [6.45, 7) is 0. The molecule has 5 nitrogen and oxygen atoms in total. The molecular weight excluding hydrogens is 370 g/mol. The van der Waals surface area contributed by atoms with Crippen LogP contribution in [0.15, 0.2) is 71.2 Å². The van der Waals surface area contributed by atoms with Gasteiger partial charge in [0, 0.05) is 27.6 Å². The molecule has 6 heteroatoms. The smallest absolute Gasteiger partial charge is 0.279 e. The summed E-state index contributed by atoms with van der Waals surface area (Å²) in [5.41, 5.74) is 9.15. The highest BCUT2D eigenvalue weighted by Crippen LogP contribution is 2.33. The first-order valence-corrected chi connectivity index (χ1v) is 7.99. The van der Waals surface area contributed by atoms with Gasteiger partial charge in [0.15, 0.2) is 0 Å². The van der Waals surface area contributed by atoms with Crippen LogP contribution in [0.2, 0.25) is 0 Å². The van der Waals surface area contributed by atoms with E-state index in [9.17, 15) is 10.1 Å². The van der Waals surface area contributed by atoms with Gasteiger partial charge in [0.05, 0.1) is 10.5 Å². The summed E-state index contributed by atoms with van der Waals surface area (Å²) < 4.78 is 0.931. The largest absolute Gasteiger partial charge is 0.399 e. The number of anilines is 3. The summed E-state index contributed by atoms with van der Waals surface area (Å²) in [6, 6.07) is 19.7. The Morgan fingerprint density at radius 1 is 0.958 bits per heavy atom. The molecule has 3 rings (SSSR count). The monoisotopic (exact) mass is 383 g/mol. The van der Waals surface area contributed by atoms with E-state index in [1.807, 2.05) is 30.3 Å². The van der Waals surface area contributed by atoms with Crippen molar-refractivity contribution in [1.82, 2.24) is 0 Å². The summed E-state index contributed by atoms with van der Waals surface area (Å²) in [4.78, 5) is 11.1. The molecule has 3 aromatic carbocycles. The van der Waals surface area contributed by atoms with Gasteiger partial charge < -0.3 is 11.1 Å². The van der Waals surface area contributed by atoms with Crippen LogP contribution in [0.4, 0.5) is 22.7 Å². The fourth-order valence-electron chi connectivity index (χ4n) is 2.40. The lowest BCUT2D eigenvalue weighted by Gasteiger charge is -2.09. The molecule has 0 aliphatic rings. The van der Waals surface area contributed by atoms with E-state index in [-0.39, 0.29) is 10.6 Å². The molecular formula is C18H14BrN3O2. The lowest BCUT2D eigenvalue weighted by Crippen LogP contribution is -1.96. The highest BCUT2D eigenvalue weighted by atomic mass is 79.9. The lowest BCUT2D eigenvalue weighted by molar-refractivity contribution is -0.384. The van der Waals surface area contributed by atoms with E-state index < -0.39 is 0 Å². The Balaban J connectivity index is 1.98. The van der Waals surface area contributed by atoms with Crippen molar-refractivity contribution in [3.05, 3.63) is 81.3 Å². The predicted molar refractivity (Wildman–Crippen MR) is 100 cm³/mol. The van der Waals surface area contributed by atoms with E-state index in [2.05, 4.69) is 21.2 Å². The van der Waals surface area contributed by atoms with Crippen molar-refractivity contribution in [2.75, 3.05) is 11.1 Å². The quantitative estimate of drug-likeness (QED) is 0.361. The Morgan fingerprint density at radius 2 is 1.67 bits per heavy atom. The molecule has 0 saturated carbocycles. The second-order valence-electron chi connectivity index (χ2n) is 5.25. The zero-order valence-corrected chi connectivity index (χ0v) is 14.2. The zero-order valence-electron chi connectivity index (χ0n) is 12.6. The SMILES string of the molecule is Nc1ccc(-c2ccc(Nc3cccc(Br)c3)cc2[N+](=O)[O-])cc1. The Morgan fingerprint density at radius 3 is 2.33 bits per heavy atom. The topological polar surface area (TPSA) is 81.2 Å². The van der Waals surface area contributed by atoms with Crippen LogP contribution in [0.5, 0.6) is 0 Å². The van der Waals surface area contributed by atoms with Gasteiger partial charge in [0.1, 0.15) is 0 Å². The van der Waals surface area contributed by atoms with Gasteiger partial charge in [-0.25, -0.2) is 0 Å². The molecule has 0 heterocycles. The third kappa shape index (κ3) is 3.55. The minimum Gasteiger partial charge on any atom is -0.399 e. The van der Waals surface area contributed by atoms with E-state index in [4.69, 9.17) is 5.73 Å². The molecule has 0 atom stereocenters. The average Bonchev–Trinajstić information content (AvgIpc) is 2.56. The molecule has 24 heavy (non-hydrogen) atoms. The number of benzene rings is 3. The second-order valence-corrected chi connectivity index (χ2v) is 6.16. The second kappa shape index (κ2) is 6.72. The molecule has 0 spiro atoms. The Bertz CT molecular complexity index is 895. The van der Waals surface area contributed by atoms with E-state index in [0.717, 1.165) is 15.7 Å². The van der Waals surface area contributed by atoms with E-state index in [1.54, 1.807) is 30.3 Å². The molecule has 0 aromatic heterocycles. The number of hydrogen-bond donors (Lipinski definition) is 2. The van der Waals surface area contributed by atoms with Crippen molar-refractivity contribution >= 4 is 38.7 Å². The first-order valence-electron chi connectivity index (χ1n) is 7.20. The molecule has 0 aliphatic heterocycles. The minimum atomic E-state index is -0.377. The number of nitrogens with zero attached hydrogens (tertiary/aromatic N) is 1. The molecule has 0 unspecified atom stereocenters. The average molecular weight is 384 g/mol. The molecule has 120 valence electrons. The van der Waals surface area contributed by atoms with Gasteiger partial charge in [-0.2, -0.15) is 0 Å². The summed E-state index contributed by atoms with van der Waals surface area (Å²) in [5.74, 6) is 0. The standard InChI is InChI=1S/C18H14BrN3O2/c19-13-2-1-3-15(10-13)21-16-8-9-17(18(11-16)22(23)24)12-4-6-14(20)7-5-12/h1-11,21H,20H2. The van der Waals surface area contributed by atoms with Crippen LogP contribution in [0.3, 0.4) is 0 Å². The molecule has 0 amide bonds. The third-order valence-corrected chi connectivity index (χ3v) is 4.02. The maximum Gasteiger partial charge on any atom is 0.279 e. The van der Waals surface area contributed by atoms with Gasteiger partial charge in [-0.3, -0.25) is 10.1 Å². The number of rotatable bonds is 4. The minimum absolute atomic E-state index is 0.0415. The van der Waals surface area contributed by atoms with Crippen molar-refractivity contribution < 1.29 is 4.92 Å². The van der Waals surface area contributed by atoms with Crippen LogP contribution < -0.4 is 11.1 Å². The van der Waals surface area contributed by atoms with E-state index in [0.29, 0.717) is 16.9 Å². The summed E-state index contributed by atoms with van der Waals surface area (Å²) >= 11 is 3.40. The van der Waals surface area contributed by atoms with Gasteiger partial charge in [-0.15, -0.1) is 0 Å². The van der Waals surface area contributed by atoms with Gasteiger partial charge in [0.25, 0.3) is 5.69 Å². The van der Waals surface area contributed by atoms with Crippen molar-refractivity contribution in [3.63, 3.8) is 0 Å². The molecule has 3 aromatic rings. The van der Waals surface area contributed by atoms with Crippen molar-refractivity contribution in [3.8, 4) is 11.1 Å². The first-order chi connectivity index (χ1) is 11.5. The van der Waals surface area contributed by atoms with Crippen LogP contribution in [0, 0.1) is 10.1 Å². The molecule has 0 saturated heterocycles. The van der Waals surface area contributed by atoms with Crippen LogP contribution >= 0.6 is 15.9 Å². The van der Waals surface area contributed by atoms with Crippen molar-refractivity contribution in [2.24, 2.45) is 0 Å². The summed E-state index contributed by atoms with van der Waals surface area (Å²) in [7, 11) is 0. The molecule has 3 N–H and O–H groups in total. The number of nitrogens with one attached hydrogen (secondary N) is 1. The Labute approximate surface area is 147 Å². The van der Waals surface area contributed by atoms with Gasteiger partial charge in [-0.1, -0.05) is 34.1 Å². The molecule has 0 aliphatic carbocycles. The maximum absolute atomic E-state index is 11.5. The predicted octanol–water partition coefficient (Wildman–Crippen LogP) is 5.35. The number of nitrogens with two attached hydrogens (primary N) is 1. The highest BCUT2D eigenvalue weighted by molar-refractivity contribution is 9.10. The van der Waals surface area contributed by atoms with Crippen LogP contribution in [0.25, 0.3) is 11.1 Å². The molecule has 0 fully saturated rings. The number of hydrogen-bond acceptors (Lipinski definition) is 4. The first kappa shape index (κ1) is 16.0. The number of nitro benzene ring substituents is 1. The fraction of sp³-hybridized carbons (Fsp3) is 0. The maximum atomic E-state index is 11.5. The number of nitrogen functional groups attached to an aromatic ring is 1. The van der Waals surface area contributed by atoms with Crippen molar-refractivity contribution in [2.45, 2.75) is 0 Å².